The Hall–Kier alpha value is -1.07. The Morgan fingerprint density at radius 2 is 1.88 bits per heavy atom. The summed E-state index contributed by atoms with van der Waals surface area (Å²) in [6, 6.07) is 0.364. The minimum atomic E-state index is -0.960. The fraction of sp³-hybridized carbons (Fsp3) is 0.500. The molecular weight excluding hydrogens is 231 g/mol. The number of benzene rings is 1. The summed E-state index contributed by atoms with van der Waals surface area (Å²) in [5.74, 6) is -2.74. The first kappa shape index (κ1) is 12.4. The summed E-state index contributed by atoms with van der Waals surface area (Å²) >= 11 is 0. The Kier molecular flexibility index (Phi) is 3.40. The predicted molar refractivity (Wildman–Crippen MR) is 56.8 cm³/mol. The van der Waals surface area contributed by atoms with E-state index in [4.69, 9.17) is 10.5 Å². The molecule has 3 atom stereocenters. The number of halogens is 3. The normalized spacial score (nSPS) is 26.2. The van der Waals surface area contributed by atoms with E-state index in [9.17, 15) is 13.2 Å². The Morgan fingerprint density at radius 1 is 1.29 bits per heavy atom. The molecule has 1 aromatic rings. The number of ether oxygens (including phenoxy) is 1. The molecule has 0 saturated carbocycles. The number of rotatable bonds is 2. The van der Waals surface area contributed by atoms with Gasteiger partial charge in [-0.05, 0) is 12.3 Å². The minimum absolute atomic E-state index is 0.133. The van der Waals surface area contributed by atoms with Gasteiger partial charge in [0.2, 0.25) is 0 Å². The Labute approximate surface area is 97.6 Å². The molecule has 0 radical (unpaired) electrons. The first-order valence-electron chi connectivity index (χ1n) is 5.52. The minimum Gasteiger partial charge on any atom is -0.376 e. The molecule has 0 spiro atoms. The summed E-state index contributed by atoms with van der Waals surface area (Å²) in [6.07, 6.45) is 0.382. The van der Waals surface area contributed by atoms with Gasteiger partial charge in [-0.1, -0.05) is 6.92 Å². The molecule has 5 heteroatoms. The van der Waals surface area contributed by atoms with E-state index in [1.807, 2.05) is 6.92 Å². The molecule has 0 bridgehead atoms. The third-order valence-corrected chi connectivity index (χ3v) is 3.18. The van der Waals surface area contributed by atoms with E-state index in [-0.39, 0.29) is 11.5 Å². The van der Waals surface area contributed by atoms with Crippen molar-refractivity contribution in [1.29, 1.82) is 0 Å². The molecule has 0 amide bonds. The van der Waals surface area contributed by atoms with E-state index < -0.39 is 29.6 Å². The molecule has 1 heterocycles. The molecule has 1 saturated heterocycles. The Morgan fingerprint density at radius 3 is 2.35 bits per heavy atom. The summed E-state index contributed by atoms with van der Waals surface area (Å²) in [4.78, 5) is 0. The molecular formula is C12H14F3NO. The van der Waals surface area contributed by atoms with Crippen molar-refractivity contribution in [1.82, 2.24) is 0 Å². The van der Waals surface area contributed by atoms with Gasteiger partial charge in [0.15, 0.2) is 0 Å². The van der Waals surface area contributed by atoms with Gasteiger partial charge in [-0.15, -0.1) is 0 Å². The van der Waals surface area contributed by atoms with Crippen molar-refractivity contribution in [2.45, 2.75) is 25.5 Å². The SMILES string of the molecule is CC1CCOC1C(N)c1c(F)cc(F)cc1F. The standard InChI is InChI=1S/C12H14F3NO/c1-6-2-3-17-12(6)11(16)10-8(14)4-7(13)5-9(10)15/h4-6,11-12H,2-3,16H2,1H3. The number of hydrogen-bond donors (Lipinski definition) is 1. The van der Waals surface area contributed by atoms with Crippen LogP contribution in [0.25, 0.3) is 0 Å². The van der Waals surface area contributed by atoms with E-state index in [0.29, 0.717) is 18.7 Å². The quantitative estimate of drug-likeness (QED) is 0.869. The van der Waals surface area contributed by atoms with Gasteiger partial charge in [0.1, 0.15) is 17.5 Å². The van der Waals surface area contributed by atoms with Gasteiger partial charge < -0.3 is 10.5 Å². The molecule has 0 aromatic heterocycles. The third-order valence-electron chi connectivity index (χ3n) is 3.18. The lowest BCUT2D eigenvalue weighted by atomic mass is 9.92. The second-order valence-electron chi connectivity index (χ2n) is 4.41. The van der Waals surface area contributed by atoms with Crippen LogP contribution in [-0.2, 0) is 4.74 Å². The van der Waals surface area contributed by atoms with Crippen molar-refractivity contribution in [2.75, 3.05) is 6.61 Å². The summed E-state index contributed by atoms with van der Waals surface area (Å²) < 4.78 is 45.2. The average Bonchev–Trinajstić information content (AvgIpc) is 2.62. The second kappa shape index (κ2) is 4.66. The van der Waals surface area contributed by atoms with Crippen LogP contribution in [0.1, 0.15) is 24.9 Å². The molecule has 2 rings (SSSR count). The highest BCUT2D eigenvalue weighted by Gasteiger charge is 2.33. The van der Waals surface area contributed by atoms with Gasteiger partial charge in [-0.25, -0.2) is 13.2 Å². The van der Waals surface area contributed by atoms with E-state index >= 15 is 0 Å². The van der Waals surface area contributed by atoms with Crippen LogP contribution in [0.15, 0.2) is 12.1 Å². The molecule has 17 heavy (non-hydrogen) atoms. The van der Waals surface area contributed by atoms with Crippen molar-refractivity contribution in [3.8, 4) is 0 Å². The van der Waals surface area contributed by atoms with Gasteiger partial charge >= 0.3 is 0 Å². The monoisotopic (exact) mass is 245 g/mol. The van der Waals surface area contributed by atoms with Crippen molar-refractivity contribution in [2.24, 2.45) is 11.7 Å². The van der Waals surface area contributed by atoms with Crippen LogP contribution in [-0.4, -0.2) is 12.7 Å². The first-order valence-corrected chi connectivity index (χ1v) is 5.52. The number of nitrogens with two attached hydrogens (primary N) is 1. The molecule has 94 valence electrons. The molecule has 1 fully saturated rings. The maximum atomic E-state index is 13.5. The summed E-state index contributed by atoms with van der Waals surface area (Å²) in [5, 5.41) is 0. The summed E-state index contributed by atoms with van der Waals surface area (Å²) in [5.41, 5.74) is 5.51. The fourth-order valence-electron chi connectivity index (χ4n) is 2.21. The third kappa shape index (κ3) is 2.30. The molecule has 1 aliphatic rings. The molecule has 3 unspecified atom stereocenters. The van der Waals surface area contributed by atoms with Gasteiger partial charge in [-0.3, -0.25) is 0 Å². The summed E-state index contributed by atoms with van der Waals surface area (Å²) in [6.45, 7) is 2.45. The largest absolute Gasteiger partial charge is 0.376 e. The van der Waals surface area contributed by atoms with Crippen LogP contribution in [0, 0.1) is 23.4 Å². The zero-order valence-electron chi connectivity index (χ0n) is 9.42. The lowest BCUT2D eigenvalue weighted by molar-refractivity contribution is 0.0703. The van der Waals surface area contributed by atoms with Crippen LogP contribution in [0.3, 0.4) is 0 Å². The maximum Gasteiger partial charge on any atom is 0.133 e. The highest BCUT2D eigenvalue weighted by atomic mass is 19.1. The smallest absolute Gasteiger partial charge is 0.133 e. The van der Waals surface area contributed by atoms with E-state index in [0.717, 1.165) is 6.42 Å². The van der Waals surface area contributed by atoms with E-state index in [1.54, 1.807) is 0 Å². The van der Waals surface area contributed by atoms with Crippen LogP contribution in [0.4, 0.5) is 13.2 Å². The van der Waals surface area contributed by atoms with Crippen molar-refractivity contribution in [3.05, 3.63) is 35.1 Å². The maximum absolute atomic E-state index is 13.5. The summed E-state index contributed by atoms with van der Waals surface area (Å²) in [7, 11) is 0. The van der Waals surface area contributed by atoms with Crippen molar-refractivity contribution < 1.29 is 17.9 Å². The molecule has 2 nitrogen and oxygen atoms in total. The van der Waals surface area contributed by atoms with Crippen molar-refractivity contribution in [3.63, 3.8) is 0 Å². The van der Waals surface area contributed by atoms with Gasteiger partial charge in [0.25, 0.3) is 0 Å². The first-order chi connectivity index (χ1) is 8.00. The lowest BCUT2D eigenvalue weighted by Gasteiger charge is -2.23. The molecule has 0 aliphatic carbocycles. The van der Waals surface area contributed by atoms with Crippen molar-refractivity contribution >= 4 is 0 Å². The van der Waals surface area contributed by atoms with Gasteiger partial charge in [0.05, 0.1) is 12.1 Å². The van der Waals surface area contributed by atoms with Crippen LogP contribution in [0.2, 0.25) is 0 Å². The van der Waals surface area contributed by atoms with Crippen LogP contribution < -0.4 is 5.73 Å². The lowest BCUT2D eigenvalue weighted by Crippen LogP contribution is -2.31. The average molecular weight is 245 g/mol. The predicted octanol–water partition coefficient (Wildman–Crippen LogP) is 2.53. The molecule has 2 N–H and O–H groups in total. The van der Waals surface area contributed by atoms with E-state index in [1.165, 1.54) is 0 Å². The van der Waals surface area contributed by atoms with Gasteiger partial charge in [0, 0.05) is 24.3 Å². The highest BCUT2D eigenvalue weighted by Crippen LogP contribution is 2.32. The van der Waals surface area contributed by atoms with Crippen LogP contribution >= 0.6 is 0 Å². The number of hydrogen-bond acceptors (Lipinski definition) is 2. The van der Waals surface area contributed by atoms with Crippen LogP contribution in [0.5, 0.6) is 0 Å². The zero-order chi connectivity index (χ0) is 12.6. The zero-order valence-corrected chi connectivity index (χ0v) is 9.42. The van der Waals surface area contributed by atoms with Gasteiger partial charge in [-0.2, -0.15) is 0 Å². The molecule has 1 aliphatic heterocycles. The topological polar surface area (TPSA) is 35.2 Å². The van der Waals surface area contributed by atoms with E-state index in [2.05, 4.69) is 0 Å². The molecule has 1 aromatic carbocycles. The Balaban J connectivity index is 2.33. The second-order valence-corrected chi connectivity index (χ2v) is 4.41. The highest BCUT2D eigenvalue weighted by molar-refractivity contribution is 5.25. The Bertz CT molecular complexity index is 401. The fourth-order valence-corrected chi connectivity index (χ4v) is 2.21.